The van der Waals surface area contributed by atoms with E-state index < -0.39 is 0 Å². The second-order valence-electron chi connectivity index (χ2n) is 6.48. The summed E-state index contributed by atoms with van der Waals surface area (Å²) in [5.41, 5.74) is 3.25. The Morgan fingerprint density at radius 1 is 1.07 bits per heavy atom. The molecule has 0 radical (unpaired) electrons. The highest BCUT2D eigenvalue weighted by Crippen LogP contribution is 2.29. The van der Waals surface area contributed by atoms with Crippen molar-refractivity contribution in [3.8, 4) is 5.75 Å². The van der Waals surface area contributed by atoms with Crippen molar-refractivity contribution >= 4 is 29.3 Å². The lowest BCUT2D eigenvalue weighted by molar-refractivity contribution is -0.119. The lowest BCUT2D eigenvalue weighted by Crippen LogP contribution is -2.32. The first-order valence-corrected chi connectivity index (χ1v) is 10.2. The van der Waals surface area contributed by atoms with Crippen LogP contribution in [0.15, 0.2) is 48.5 Å². The number of thioether (sulfide) groups is 1. The molecule has 0 saturated carbocycles. The largest absolute Gasteiger partial charge is 0.497 e. The number of anilines is 1. The molecule has 1 aliphatic rings. The predicted octanol–water partition coefficient (Wildman–Crippen LogP) is 3.56. The quantitative estimate of drug-likeness (QED) is 0.766. The number of carbonyl (C=O) groups is 2. The van der Waals surface area contributed by atoms with E-state index in [4.69, 9.17) is 4.74 Å². The van der Waals surface area contributed by atoms with Crippen LogP contribution in [0.4, 0.5) is 5.69 Å². The summed E-state index contributed by atoms with van der Waals surface area (Å²) < 4.78 is 5.09. The molecule has 27 heavy (non-hydrogen) atoms. The number of hydrogen-bond acceptors (Lipinski definition) is 4. The van der Waals surface area contributed by atoms with Crippen LogP contribution in [0.1, 0.15) is 30.0 Å². The number of methoxy groups -OCH3 is 1. The fourth-order valence-electron chi connectivity index (χ4n) is 3.25. The molecule has 0 unspecified atom stereocenters. The second-order valence-corrected chi connectivity index (χ2v) is 7.47. The smallest absolute Gasteiger partial charge is 0.234 e. The molecule has 0 aromatic heterocycles. The van der Waals surface area contributed by atoms with E-state index in [2.05, 4.69) is 22.8 Å². The molecule has 0 heterocycles. The highest BCUT2D eigenvalue weighted by molar-refractivity contribution is 8.00. The summed E-state index contributed by atoms with van der Waals surface area (Å²) in [6, 6.07) is 15.5. The van der Waals surface area contributed by atoms with Gasteiger partial charge in [0.2, 0.25) is 11.8 Å². The Kier molecular flexibility index (Phi) is 6.76. The number of carbonyl (C=O) groups excluding carboxylic acids is 2. The zero-order valence-electron chi connectivity index (χ0n) is 15.4. The molecular weight excluding hydrogens is 360 g/mol. The molecular formula is C21H24N2O3S. The molecule has 2 amide bonds. The highest BCUT2D eigenvalue weighted by Gasteiger charge is 2.21. The summed E-state index contributed by atoms with van der Waals surface area (Å²) in [4.78, 5) is 24.3. The van der Waals surface area contributed by atoms with Gasteiger partial charge in [-0.15, -0.1) is 11.8 Å². The lowest BCUT2D eigenvalue weighted by Gasteiger charge is -2.26. The second kappa shape index (κ2) is 9.46. The van der Waals surface area contributed by atoms with Gasteiger partial charge in [0.25, 0.3) is 0 Å². The van der Waals surface area contributed by atoms with Crippen molar-refractivity contribution in [2.45, 2.75) is 25.3 Å². The third-order valence-electron chi connectivity index (χ3n) is 4.54. The van der Waals surface area contributed by atoms with Crippen molar-refractivity contribution in [3.05, 3.63) is 59.7 Å². The van der Waals surface area contributed by atoms with Crippen LogP contribution in [-0.4, -0.2) is 30.4 Å². The zero-order chi connectivity index (χ0) is 19.1. The molecule has 3 rings (SSSR count). The summed E-state index contributed by atoms with van der Waals surface area (Å²) in [5.74, 6) is 1.10. The Hall–Kier alpha value is -2.47. The molecule has 1 aliphatic carbocycles. The molecule has 0 saturated heterocycles. The fourth-order valence-corrected chi connectivity index (χ4v) is 3.88. The van der Waals surface area contributed by atoms with E-state index >= 15 is 0 Å². The minimum Gasteiger partial charge on any atom is -0.497 e. The highest BCUT2D eigenvalue weighted by atomic mass is 32.2. The van der Waals surface area contributed by atoms with Gasteiger partial charge < -0.3 is 15.4 Å². The molecule has 2 aromatic carbocycles. The molecule has 0 fully saturated rings. The van der Waals surface area contributed by atoms with Crippen LogP contribution in [0.5, 0.6) is 5.75 Å². The Morgan fingerprint density at radius 3 is 2.59 bits per heavy atom. The molecule has 2 aromatic rings. The van der Waals surface area contributed by atoms with Crippen molar-refractivity contribution in [2.75, 3.05) is 23.9 Å². The molecule has 1 atom stereocenters. The topological polar surface area (TPSA) is 67.4 Å². The van der Waals surface area contributed by atoms with E-state index in [9.17, 15) is 9.59 Å². The molecule has 5 nitrogen and oxygen atoms in total. The Morgan fingerprint density at radius 2 is 1.81 bits per heavy atom. The monoisotopic (exact) mass is 384 g/mol. The van der Waals surface area contributed by atoms with Crippen molar-refractivity contribution in [3.63, 3.8) is 0 Å². The van der Waals surface area contributed by atoms with Gasteiger partial charge in [-0.1, -0.05) is 24.3 Å². The molecule has 0 aliphatic heterocycles. The van der Waals surface area contributed by atoms with Crippen LogP contribution in [0.25, 0.3) is 0 Å². The van der Waals surface area contributed by atoms with Gasteiger partial charge in [0.05, 0.1) is 24.7 Å². The average Bonchev–Trinajstić information content (AvgIpc) is 2.69. The van der Waals surface area contributed by atoms with E-state index in [1.54, 1.807) is 31.4 Å². The SMILES string of the molecule is COc1ccc(NC(=O)CSCC(=O)N[C@H]2CCCc3ccccc32)cc1. The average molecular weight is 385 g/mol. The first-order valence-electron chi connectivity index (χ1n) is 9.04. The number of amides is 2. The zero-order valence-corrected chi connectivity index (χ0v) is 16.2. The number of rotatable bonds is 7. The van der Waals surface area contributed by atoms with Gasteiger partial charge in [-0.05, 0) is 54.7 Å². The van der Waals surface area contributed by atoms with Crippen LogP contribution in [-0.2, 0) is 16.0 Å². The lowest BCUT2D eigenvalue weighted by atomic mass is 9.88. The third-order valence-corrected chi connectivity index (χ3v) is 5.48. The maximum atomic E-state index is 12.3. The summed E-state index contributed by atoms with van der Waals surface area (Å²) in [6.07, 6.45) is 3.12. The van der Waals surface area contributed by atoms with Gasteiger partial charge in [-0.3, -0.25) is 9.59 Å². The number of fused-ring (bicyclic) bond motifs is 1. The Labute approximate surface area is 163 Å². The van der Waals surface area contributed by atoms with Crippen molar-refractivity contribution in [1.82, 2.24) is 5.32 Å². The first-order chi connectivity index (χ1) is 13.2. The molecule has 0 spiro atoms. The standard InChI is InChI=1S/C21H24N2O3S/c1-26-17-11-9-16(10-12-17)22-20(24)13-27-14-21(25)23-19-8-4-6-15-5-2-3-7-18(15)19/h2-3,5,7,9-12,19H,4,6,8,13-14H2,1H3,(H,22,24)(H,23,25)/t19-/m0/s1. The minimum absolute atomic E-state index is 0.0287. The van der Waals surface area contributed by atoms with Crippen LogP contribution in [0.3, 0.4) is 0 Å². The predicted molar refractivity (Wildman–Crippen MR) is 109 cm³/mol. The van der Waals surface area contributed by atoms with E-state index in [0.29, 0.717) is 5.69 Å². The van der Waals surface area contributed by atoms with Crippen LogP contribution in [0, 0.1) is 0 Å². The van der Waals surface area contributed by atoms with Gasteiger partial charge in [0.15, 0.2) is 0 Å². The molecule has 0 bridgehead atoms. The number of benzene rings is 2. The number of aryl methyl sites for hydroxylation is 1. The van der Waals surface area contributed by atoms with Crippen LogP contribution >= 0.6 is 11.8 Å². The van der Waals surface area contributed by atoms with E-state index in [1.807, 2.05) is 12.1 Å². The molecule has 2 N–H and O–H groups in total. The fraction of sp³-hybridized carbons (Fsp3) is 0.333. The normalized spacial score (nSPS) is 15.5. The molecule has 142 valence electrons. The van der Waals surface area contributed by atoms with Crippen LogP contribution < -0.4 is 15.4 Å². The van der Waals surface area contributed by atoms with Crippen molar-refractivity contribution < 1.29 is 14.3 Å². The van der Waals surface area contributed by atoms with Gasteiger partial charge in [0, 0.05) is 5.69 Å². The summed E-state index contributed by atoms with van der Waals surface area (Å²) in [5, 5.41) is 5.92. The van der Waals surface area contributed by atoms with E-state index in [-0.39, 0.29) is 29.4 Å². The van der Waals surface area contributed by atoms with Crippen molar-refractivity contribution in [2.24, 2.45) is 0 Å². The summed E-state index contributed by atoms with van der Waals surface area (Å²) in [6.45, 7) is 0. The van der Waals surface area contributed by atoms with Gasteiger partial charge in [-0.25, -0.2) is 0 Å². The van der Waals surface area contributed by atoms with Gasteiger partial charge in [0.1, 0.15) is 5.75 Å². The van der Waals surface area contributed by atoms with Gasteiger partial charge in [-0.2, -0.15) is 0 Å². The third kappa shape index (κ3) is 5.50. The molecule has 6 heteroatoms. The van der Waals surface area contributed by atoms with Crippen LogP contribution in [0.2, 0.25) is 0 Å². The Balaban J connectivity index is 1.41. The summed E-state index contributed by atoms with van der Waals surface area (Å²) >= 11 is 1.32. The van der Waals surface area contributed by atoms with E-state index in [0.717, 1.165) is 25.0 Å². The number of hydrogen-bond donors (Lipinski definition) is 2. The van der Waals surface area contributed by atoms with E-state index in [1.165, 1.54) is 22.9 Å². The minimum atomic E-state index is -0.124. The Bertz CT molecular complexity index is 792. The number of nitrogens with one attached hydrogen (secondary N) is 2. The first kappa shape index (κ1) is 19.3. The maximum absolute atomic E-state index is 12.3. The number of ether oxygens (including phenoxy) is 1. The van der Waals surface area contributed by atoms with Gasteiger partial charge >= 0.3 is 0 Å². The van der Waals surface area contributed by atoms with Crippen molar-refractivity contribution in [1.29, 1.82) is 0 Å². The maximum Gasteiger partial charge on any atom is 0.234 e. The summed E-state index contributed by atoms with van der Waals surface area (Å²) in [7, 11) is 1.60.